The van der Waals surface area contributed by atoms with E-state index in [0.29, 0.717) is 12.8 Å². The van der Waals surface area contributed by atoms with Crippen molar-refractivity contribution in [2.75, 3.05) is 6.54 Å². The predicted octanol–water partition coefficient (Wildman–Crippen LogP) is 3.31. The Balaban J connectivity index is 1.93. The number of β-amino-alcohol motifs (C(OH)–C–C–N with tert-alkyl or cyclic N) is 1. The van der Waals surface area contributed by atoms with Gasteiger partial charge in [0.05, 0.1) is 17.7 Å². The Labute approximate surface area is 132 Å². The van der Waals surface area contributed by atoms with Gasteiger partial charge in [0.15, 0.2) is 0 Å². The van der Waals surface area contributed by atoms with Gasteiger partial charge in [0.2, 0.25) is 5.91 Å². The fourth-order valence-corrected chi connectivity index (χ4v) is 3.45. The van der Waals surface area contributed by atoms with Crippen molar-refractivity contribution in [1.82, 2.24) is 4.90 Å². The Hall–Kier alpha value is -1.82. The summed E-state index contributed by atoms with van der Waals surface area (Å²) in [5.74, 6) is -0.394. The molecule has 2 atom stereocenters. The van der Waals surface area contributed by atoms with E-state index in [2.05, 4.69) is 0 Å². The fourth-order valence-electron chi connectivity index (χ4n) is 3.45. The van der Waals surface area contributed by atoms with E-state index >= 15 is 0 Å². The third-order valence-corrected chi connectivity index (χ3v) is 4.54. The molecular formula is C17H18F3NO2. The topological polar surface area (TPSA) is 40.5 Å². The monoisotopic (exact) mass is 325 g/mol. The largest absolute Gasteiger partial charge is 0.416 e. The fraction of sp³-hybridized carbons (Fsp3) is 0.471. The van der Waals surface area contributed by atoms with Gasteiger partial charge < -0.3 is 10.0 Å². The molecule has 3 rings (SSSR count). The van der Waals surface area contributed by atoms with Crippen molar-refractivity contribution in [3.05, 3.63) is 47.5 Å². The maximum atomic E-state index is 13.3. The van der Waals surface area contributed by atoms with E-state index in [1.807, 2.05) is 12.2 Å². The van der Waals surface area contributed by atoms with Crippen LogP contribution in [0.4, 0.5) is 13.2 Å². The molecule has 1 aromatic rings. The molecule has 0 unspecified atom stereocenters. The van der Waals surface area contributed by atoms with E-state index in [1.54, 1.807) is 0 Å². The van der Waals surface area contributed by atoms with Crippen molar-refractivity contribution in [3.8, 4) is 0 Å². The van der Waals surface area contributed by atoms with Crippen LogP contribution in [-0.4, -0.2) is 28.6 Å². The number of hydrogen-bond donors (Lipinski definition) is 1. The van der Waals surface area contributed by atoms with Crippen LogP contribution >= 0.6 is 0 Å². The van der Waals surface area contributed by atoms with Crippen molar-refractivity contribution >= 4 is 5.91 Å². The van der Waals surface area contributed by atoms with Crippen LogP contribution in [0.1, 0.15) is 36.4 Å². The van der Waals surface area contributed by atoms with Gasteiger partial charge in [0.1, 0.15) is 0 Å². The van der Waals surface area contributed by atoms with Crippen molar-refractivity contribution < 1.29 is 23.1 Å². The van der Waals surface area contributed by atoms with E-state index in [1.165, 1.54) is 23.1 Å². The number of aliphatic hydroxyl groups is 1. The number of hydrogen-bond acceptors (Lipinski definition) is 2. The lowest BCUT2D eigenvalue weighted by Crippen LogP contribution is -2.36. The molecule has 2 aliphatic rings. The Bertz CT molecular complexity index is 619. The third kappa shape index (κ3) is 3.13. The van der Waals surface area contributed by atoms with E-state index < -0.39 is 23.9 Å². The molecule has 0 bridgehead atoms. The summed E-state index contributed by atoms with van der Waals surface area (Å²) in [5, 5.41) is 9.93. The molecule has 0 saturated carbocycles. The summed E-state index contributed by atoms with van der Waals surface area (Å²) in [6, 6.07) is 4.58. The molecule has 0 aromatic heterocycles. The molecule has 124 valence electrons. The zero-order chi connectivity index (χ0) is 16.6. The van der Waals surface area contributed by atoms with Crippen LogP contribution in [0, 0.1) is 5.92 Å². The SMILES string of the molecule is O=C(C1CC=CC1)N1C[C@H](O)C[C@@H]1c1ccccc1C(F)(F)F. The molecule has 1 aromatic carbocycles. The predicted molar refractivity (Wildman–Crippen MR) is 78.4 cm³/mol. The zero-order valence-electron chi connectivity index (χ0n) is 12.5. The second-order valence-corrected chi connectivity index (χ2v) is 6.12. The summed E-state index contributed by atoms with van der Waals surface area (Å²) in [5.41, 5.74) is -0.669. The number of nitrogens with zero attached hydrogens (tertiary/aromatic N) is 1. The number of likely N-dealkylation sites (tertiary alicyclic amines) is 1. The Kier molecular flexibility index (Phi) is 4.19. The molecule has 1 saturated heterocycles. The van der Waals surface area contributed by atoms with Gasteiger partial charge in [-0.25, -0.2) is 0 Å². The van der Waals surface area contributed by atoms with E-state index in [-0.39, 0.29) is 30.4 Å². The molecule has 1 aliphatic heterocycles. The molecule has 0 radical (unpaired) electrons. The van der Waals surface area contributed by atoms with Crippen LogP contribution in [0.5, 0.6) is 0 Å². The quantitative estimate of drug-likeness (QED) is 0.848. The third-order valence-electron chi connectivity index (χ3n) is 4.54. The minimum absolute atomic E-state index is 0.0656. The van der Waals surface area contributed by atoms with Crippen LogP contribution in [0.3, 0.4) is 0 Å². The number of aliphatic hydroxyl groups excluding tert-OH is 1. The average molecular weight is 325 g/mol. The van der Waals surface area contributed by atoms with Crippen molar-refractivity contribution in [1.29, 1.82) is 0 Å². The van der Waals surface area contributed by atoms with E-state index in [4.69, 9.17) is 0 Å². The molecule has 6 heteroatoms. The van der Waals surface area contributed by atoms with Crippen molar-refractivity contribution in [2.24, 2.45) is 5.92 Å². The summed E-state index contributed by atoms with van der Waals surface area (Å²) < 4.78 is 39.8. The summed E-state index contributed by atoms with van der Waals surface area (Å²) in [6.07, 6.45) is -0.0913. The minimum atomic E-state index is -4.48. The Morgan fingerprint density at radius 3 is 2.48 bits per heavy atom. The molecule has 3 nitrogen and oxygen atoms in total. The van der Waals surface area contributed by atoms with Crippen molar-refractivity contribution in [2.45, 2.75) is 37.6 Å². The molecule has 0 spiro atoms. The second-order valence-electron chi connectivity index (χ2n) is 6.12. The molecule has 1 heterocycles. The highest BCUT2D eigenvalue weighted by molar-refractivity contribution is 5.80. The van der Waals surface area contributed by atoms with Gasteiger partial charge in [-0.05, 0) is 30.9 Å². The highest BCUT2D eigenvalue weighted by atomic mass is 19.4. The zero-order valence-corrected chi connectivity index (χ0v) is 12.5. The standard InChI is InChI=1S/C17H18F3NO2/c18-17(19,20)14-8-4-3-7-13(14)15-9-12(22)10-21(15)16(23)11-5-1-2-6-11/h1-4,7-8,11-12,15,22H,5-6,9-10H2/t12-,15-/m1/s1. The van der Waals surface area contributed by atoms with Crippen LogP contribution in [0.25, 0.3) is 0 Å². The van der Waals surface area contributed by atoms with Crippen LogP contribution in [0.15, 0.2) is 36.4 Å². The first-order valence-electron chi connectivity index (χ1n) is 7.67. The minimum Gasteiger partial charge on any atom is -0.391 e. The number of halogens is 3. The number of alkyl halides is 3. The van der Waals surface area contributed by atoms with Gasteiger partial charge >= 0.3 is 6.18 Å². The molecule has 1 fully saturated rings. The van der Waals surface area contributed by atoms with Crippen LogP contribution < -0.4 is 0 Å². The molecule has 1 amide bonds. The van der Waals surface area contributed by atoms with E-state index in [0.717, 1.165) is 6.07 Å². The number of benzene rings is 1. The first kappa shape index (κ1) is 16.1. The van der Waals surface area contributed by atoms with Gasteiger partial charge in [-0.15, -0.1) is 0 Å². The lowest BCUT2D eigenvalue weighted by molar-refractivity contribution is -0.141. The molecular weight excluding hydrogens is 307 g/mol. The number of carbonyl (C=O) groups is 1. The van der Waals surface area contributed by atoms with Gasteiger partial charge in [-0.2, -0.15) is 13.2 Å². The van der Waals surface area contributed by atoms with Crippen molar-refractivity contribution in [3.63, 3.8) is 0 Å². The lowest BCUT2D eigenvalue weighted by atomic mass is 9.96. The summed E-state index contributed by atoms with van der Waals surface area (Å²) in [6.45, 7) is 0.0895. The summed E-state index contributed by atoms with van der Waals surface area (Å²) in [7, 11) is 0. The van der Waals surface area contributed by atoms with Gasteiger partial charge in [-0.1, -0.05) is 30.4 Å². The Morgan fingerprint density at radius 2 is 1.83 bits per heavy atom. The lowest BCUT2D eigenvalue weighted by Gasteiger charge is -2.29. The second kappa shape index (κ2) is 6.00. The summed E-state index contributed by atoms with van der Waals surface area (Å²) in [4.78, 5) is 14.1. The average Bonchev–Trinajstić information content (AvgIpc) is 3.15. The van der Waals surface area contributed by atoms with E-state index in [9.17, 15) is 23.1 Å². The molecule has 1 aliphatic carbocycles. The highest BCUT2D eigenvalue weighted by Crippen LogP contribution is 2.41. The molecule has 1 N–H and O–H groups in total. The molecule has 23 heavy (non-hydrogen) atoms. The first-order chi connectivity index (χ1) is 10.9. The summed E-state index contributed by atoms with van der Waals surface area (Å²) >= 11 is 0. The smallest absolute Gasteiger partial charge is 0.391 e. The normalized spacial score (nSPS) is 25.3. The first-order valence-corrected chi connectivity index (χ1v) is 7.67. The van der Waals surface area contributed by atoms with Gasteiger partial charge in [-0.3, -0.25) is 4.79 Å². The van der Waals surface area contributed by atoms with Gasteiger partial charge in [0.25, 0.3) is 0 Å². The highest BCUT2D eigenvalue weighted by Gasteiger charge is 2.42. The van der Waals surface area contributed by atoms with Crippen LogP contribution in [0.2, 0.25) is 0 Å². The number of rotatable bonds is 2. The maximum absolute atomic E-state index is 13.3. The Morgan fingerprint density at radius 1 is 1.17 bits per heavy atom. The number of allylic oxidation sites excluding steroid dienone is 2. The maximum Gasteiger partial charge on any atom is 0.416 e. The van der Waals surface area contributed by atoms with Crippen LogP contribution in [-0.2, 0) is 11.0 Å². The number of amides is 1. The number of carbonyl (C=O) groups excluding carboxylic acids is 1. The van der Waals surface area contributed by atoms with Gasteiger partial charge in [0, 0.05) is 12.5 Å².